The summed E-state index contributed by atoms with van der Waals surface area (Å²) >= 11 is 7.22. The number of halogens is 2. The Morgan fingerprint density at radius 2 is 2.16 bits per heavy atom. The van der Waals surface area contributed by atoms with Gasteiger partial charge in [-0.3, -0.25) is 0 Å². The van der Waals surface area contributed by atoms with Gasteiger partial charge in [0, 0.05) is 9.90 Å². The molecule has 0 saturated carbocycles. The van der Waals surface area contributed by atoms with Crippen molar-refractivity contribution in [3.63, 3.8) is 0 Å². The third-order valence-electron chi connectivity index (χ3n) is 2.66. The smallest absolute Gasteiger partial charge is 0.180 e. The summed E-state index contributed by atoms with van der Waals surface area (Å²) in [7, 11) is 0. The van der Waals surface area contributed by atoms with Gasteiger partial charge in [-0.1, -0.05) is 22.8 Å². The second-order valence-corrected chi connectivity index (χ2v) is 5.26. The predicted octanol–water partition coefficient (Wildman–Crippen LogP) is 4.44. The molecule has 3 rings (SSSR count). The molecular weight excluding hydrogens is 287 g/mol. The maximum Gasteiger partial charge on any atom is 0.180 e. The van der Waals surface area contributed by atoms with Crippen molar-refractivity contribution in [1.82, 2.24) is 5.16 Å². The number of nitrogens with two attached hydrogens (primary N) is 1. The molecule has 1 aromatic carbocycles. The standard InChI is InChI=1S/C13H8ClFN2OS/c14-7-3-4-8(9(15)6-7)12-11(13(16)17-18-12)10-2-1-5-19-10/h1-6H,(H2,16,17). The molecule has 2 N–H and O–H groups in total. The van der Waals surface area contributed by atoms with E-state index < -0.39 is 5.82 Å². The van der Waals surface area contributed by atoms with Gasteiger partial charge in [0.1, 0.15) is 5.82 Å². The molecule has 0 atom stereocenters. The molecule has 0 saturated heterocycles. The van der Waals surface area contributed by atoms with E-state index in [1.54, 1.807) is 12.1 Å². The first-order chi connectivity index (χ1) is 9.16. The van der Waals surface area contributed by atoms with Crippen LogP contribution in [-0.2, 0) is 0 Å². The van der Waals surface area contributed by atoms with Crippen molar-refractivity contribution in [3.8, 4) is 21.8 Å². The van der Waals surface area contributed by atoms with Gasteiger partial charge in [0.05, 0.1) is 11.1 Å². The summed E-state index contributed by atoms with van der Waals surface area (Å²) in [6.45, 7) is 0. The molecule has 96 valence electrons. The summed E-state index contributed by atoms with van der Waals surface area (Å²) in [6.07, 6.45) is 0. The van der Waals surface area contributed by atoms with E-state index in [1.807, 2.05) is 17.5 Å². The Labute approximate surface area is 117 Å². The van der Waals surface area contributed by atoms with Crippen LogP contribution in [0.4, 0.5) is 10.2 Å². The van der Waals surface area contributed by atoms with Gasteiger partial charge in [-0.15, -0.1) is 11.3 Å². The first-order valence-corrected chi connectivity index (χ1v) is 6.67. The van der Waals surface area contributed by atoms with E-state index in [0.717, 1.165) is 4.88 Å². The minimum atomic E-state index is -0.471. The highest BCUT2D eigenvalue weighted by Crippen LogP contribution is 2.39. The van der Waals surface area contributed by atoms with E-state index in [2.05, 4.69) is 5.16 Å². The average molecular weight is 295 g/mol. The summed E-state index contributed by atoms with van der Waals surface area (Å²) in [4.78, 5) is 0.878. The molecule has 6 heteroatoms. The van der Waals surface area contributed by atoms with Gasteiger partial charge in [-0.2, -0.15) is 0 Å². The SMILES string of the molecule is Nc1noc(-c2ccc(Cl)cc2F)c1-c1cccs1. The lowest BCUT2D eigenvalue weighted by Gasteiger charge is -2.02. The molecule has 19 heavy (non-hydrogen) atoms. The summed E-state index contributed by atoms with van der Waals surface area (Å²) in [5, 5.41) is 5.95. The zero-order valence-corrected chi connectivity index (χ0v) is 11.1. The minimum absolute atomic E-state index is 0.242. The van der Waals surface area contributed by atoms with E-state index in [0.29, 0.717) is 16.3 Å². The van der Waals surface area contributed by atoms with Gasteiger partial charge in [0.15, 0.2) is 11.6 Å². The van der Waals surface area contributed by atoms with Crippen molar-refractivity contribution >= 4 is 28.8 Å². The number of anilines is 1. The summed E-state index contributed by atoms with van der Waals surface area (Å²) < 4.78 is 19.1. The van der Waals surface area contributed by atoms with Crippen molar-refractivity contribution in [2.75, 3.05) is 5.73 Å². The first kappa shape index (κ1) is 12.2. The highest BCUT2D eigenvalue weighted by atomic mass is 35.5. The lowest BCUT2D eigenvalue weighted by atomic mass is 10.1. The average Bonchev–Trinajstić information content (AvgIpc) is 2.98. The molecule has 0 aliphatic heterocycles. The highest BCUT2D eigenvalue weighted by Gasteiger charge is 2.21. The molecule has 0 fully saturated rings. The van der Waals surface area contributed by atoms with Gasteiger partial charge in [0.2, 0.25) is 0 Å². The Kier molecular flexibility index (Phi) is 3.00. The summed E-state index contributed by atoms with van der Waals surface area (Å²) in [5.74, 6) is 0.0855. The molecular formula is C13H8ClFN2OS. The van der Waals surface area contributed by atoms with E-state index in [-0.39, 0.29) is 11.4 Å². The molecule has 2 aromatic heterocycles. The van der Waals surface area contributed by atoms with Crippen LogP contribution in [-0.4, -0.2) is 5.16 Å². The molecule has 0 spiro atoms. The third kappa shape index (κ3) is 2.11. The van der Waals surface area contributed by atoms with Crippen molar-refractivity contribution in [3.05, 3.63) is 46.6 Å². The molecule has 0 radical (unpaired) electrons. The molecule has 3 aromatic rings. The van der Waals surface area contributed by atoms with Crippen LogP contribution in [0, 0.1) is 5.82 Å². The molecule has 0 aliphatic carbocycles. The fourth-order valence-electron chi connectivity index (χ4n) is 1.82. The van der Waals surface area contributed by atoms with Gasteiger partial charge in [-0.05, 0) is 29.6 Å². The highest BCUT2D eigenvalue weighted by molar-refractivity contribution is 7.13. The number of benzene rings is 1. The Morgan fingerprint density at radius 3 is 2.84 bits per heavy atom. The lowest BCUT2D eigenvalue weighted by molar-refractivity contribution is 0.433. The largest absolute Gasteiger partial charge is 0.380 e. The Hall–Kier alpha value is -1.85. The van der Waals surface area contributed by atoms with E-state index in [9.17, 15) is 4.39 Å². The van der Waals surface area contributed by atoms with Gasteiger partial charge in [-0.25, -0.2) is 4.39 Å². The van der Waals surface area contributed by atoms with Crippen LogP contribution in [0.5, 0.6) is 0 Å². The van der Waals surface area contributed by atoms with Crippen molar-refractivity contribution in [1.29, 1.82) is 0 Å². The van der Waals surface area contributed by atoms with Gasteiger partial charge in [0.25, 0.3) is 0 Å². The minimum Gasteiger partial charge on any atom is -0.380 e. The monoisotopic (exact) mass is 294 g/mol. The van der Waals surface area contributed by atoms with E-state index in [1.165, 1.54) is 17.4 Å². The fraction of sp³-hybridized carbons (Fsp3) is 0. The summed E-state index contributed by atoms with van der Waals surface area (Å²) in [5.41, 5.74) is 6.70. The van der Waals surface area contributed by atoms with Gasteiger partial charge < -0.3 is 10.3 Å². The number of hydrogen-bond acceptors (Lipinski definition) is 4. The zero-order valence-electron chi connectivity index (χ0n) is 9.56. The molecule has 0 unspecified atom stereocenters. The zero-order chi connectivity index (χ0) is 13.4. The first-order valence-electron chi connectivity index (χ1n) is 5.41. The van der Waals surface area contributed by atoms with Crippen LogP contribution in [0.25, 0.3) is 21.8 Å². The topological polar surface area (TPSA) is 52.0 Å². The number of nitrogens with zero attached hydrogens (tertiary/aromatic N) is 1. The number of hydrogen-bond donors (Lipinski definition) is 1. The Balaban J connectivity index is 2.21. The predicted molar refractivity (Wildman–Crippen MR) is 74.6 cm³/mol. The maximum atomic E-state index is 14.0. The van der Waals surface area contributed by atoms with Gasteiger partial charge >= 0.3 is 0 Å². The summed E-state index contributed by atoms with van der Waals surface area (Å²) in [6, 6.07) is 8.14. The van der Waals surface area contributed by atoms with Crippen molar-refractivity contribution < 1.29 is 8.91 Å². The van der Waals surface area contributed by atoms with Crippen molar-refractivity contribution in [2.45, 2.75) is 0 Å². The second kappa shape index (κ2) is 4.68. The Morgan fingerprint density at radius 1 is 1.32 bits per heavy atom. The second-order valence-electron chi connectivity index (χ2n) is 3.87. The quantitative estimate of drug-likeness (QED) is 0.760. The van der Waals surface area contributed by atoms with Crippen LogP contribution in [0.2, 0.25) is 5.02 Å². The van der Waals surface area contributed by atoms with Crippen LogP contribution in [0.1, 0.15) is 0 Å². The van der Waals surface area contributed by atoms with Crippen LogP contribution in [0.15, 0.2) is 40.2 Å². The lowest BCUT2D eigenvalue weighted by Crippen LogP contribution is -1.88. The van der Waals surface area contributed by atoms with E-state index >= 15 is 0 Å². The maximum absolute atomic E-state index is 14.0. The molecule has 3 nitrogen and oxygen atoms in total. The van der Waals surface area contributed by atoms with Crippen LogP contribution in [0.3, 0.4) is 0 Å². The molecule has 0 bridgehead atoms. The molecule has 0 aliphatic rings. The molecule has 2 heterocycles. The normalized spacial score (nSPS) is 10.8. The Bertz CT molecular complexity index is 724. The van der Waals surface area contributed by atoms with Crippen LogP contribution < -0.4 is 5.73 Å². The van der Waals surface area contributed by atoms with Crippen LogP contribution >= 0.6 is 22.9 Å². The third-order valence-corrected chi connectivity index (χ3v) is 3.78. The number of rotatable bonds is 2. The fourth-order valence-corrected chi connectivity index (χ4v) is 2.75. The molecule has 0 amide bonds. The number of nitrogen functional groups attached to an aromatic ring is 1. The van der Waals surface area contributed by atoms with Crippen molar-refractivity contribution in [2.24, 2.45) is 0 Å². The van der Waals surface area contributed by atoms with E-state index in [4.69, 9.17) is 21.9 Å². The number of thiophene rings is 1. The number of aromatic nitrogens is 1.